The molecule has 0 aromatic heterocycles. The highest BCUT2D eigenvalue weighted by molar-refractivity contribution is 6.30. The number of rotatable bonds is 6. The van der Waals surface area contributed by atoms with Gasteiger partial charge in [0, 0.05) is 24.1 Å². The highest BCUT2D eigenvalue weighted by atomic mass is 35.5. The molecule has 0 aliphatic carbocycles. The monoisotopic (exact) mass is 287 g/mol. The second-order valence-electron chi connectivity index (χ2n) is 4.17. The van der Waals surface area contributed by atoms with E-state index in [1.54, 1.807) is 18.2 Å². The van der Waals surface area contributed by atoms with Gasteiger partial charge in [0.15, 0.2) is 0 Å². The van der Waals surface area contributed by atoms with E-state index < -0.39 is 12.2 Å². The number of hydrogen-bond acceptors (Lipinski definition) is 4. The van der Waals surface area contributed by atoms with Crippen molar-refractivity contribution in [3.63, 3.8) is 0 Å². The van der Waals surface area contributed by atoms with Crippen molar-refractivity contribution in [3.05, 3.63) is 28.8 Å². The van der Waals surface area contributed by atoms with Gasteiger partial charge in [0.2, 0.25) is 5.91 Å². The van der Waals surface area contributed by atoms with E-state index in [1.807, 2.05) is 0 Å². The predicted octanol–water partition coefficient (Wildman–Crippen LogP) is 1.27. The van der Waals surface area contributed by atoms with Gasteiger partial charge in [-0.1, -0.05) is 17.7 Å². The highest BCUT2D eigenvalue weighted by Crippen LogP contribution is 2.30. The van der Waals surface area contributed by atoms with Crippen LogP contribution in [0.1, 0.15) is 25.0 Å². The van der Waals surface area contributed by atoms with Gasteiger partial charge in [-0.15, -0.1) is 0 Å². The average Bonchev–Trinajstić information content (AvgIpc) is 2.37. The number of carbonyl (C=O) groups excluding carboxylic acids is 1. The first-order chi connectivity index (χ1) is 8.95. The zero-order valence-electron chi connectivity index (χ0n) is 10.9. The van der Waals surface area contributed by atoms with Crippen LogP contribution in [0.25, 0.3) is 0 Å². The fraction of sp³-hybridized carbons (Fsp3) is 0.462. The maximum atomic E-state index is 10.7. The van der Waals surface area contributed by atoms with Crippen molar-refractivity contribution in [2.24, 2.45) is 0 Å². The van der Waals surface area contributed by atoms with Crippen LogP contribution in [0.3, 0.4) is 0 Å². The van der Waals surface area contributed by atoms with E-state index in [9.17, 15) is 15.0 Å². The molecule has 0 radical (unpaired) electrons. The Hall–Kier alpha value is -1.30. The Morgan fingerprint density at radius 1 is 1.47 bits per heavy atom. The number of aliphatic hydroxyl groups is 2. The molecule has 0 saturated heterocycles. The zero-order chi connectivity index (χ0) is 14.4. The third kappa shape index (κ3) is 4.70. The number of methoxy groups -OCH3 is 1. The smallest absolute Gasteiger partial charge is 0.216 e. The van der Waals surface area contributed by atoms with Gasteiger partial charge in [-0.05, 0) is 18.6 Å². The number of ether oxygens (including phenoxy) is 1. The van der Waals surface area contributed by atoms with E-state index in [1.165, 1.54) is 14.0 Å². The average molecular weight is 288 g/mol. The first kappa shape index (κ1) is 15.8. The number of benzene rings is 1. The van der Waals surface area contributed by atoms with Gasteiger partial charge in [-0.3, -0.25) is 4.79 Å². The summed E-state index contributed by atoms with van der Waals surface area (Å²) < 4.78 is 5.11. The summed E-state index contributed by atoms with van der Waals surface area (Å²) in [4.78, 5) is 10.7. The molecule has 0 heterocycles. The molecule has 1 rings (SSSR count). The lowest BCUT2D eigenvalue weighted by atomic mass is 10.0. The maximum absolute atomic E-state index is 10.7. The summed E-state index contributed by atoms with van der Waals surface area (Å²) in [6.45, 7) is 1.69. The Morgan fingerprint density at radius 3 is 2.74 bits per heavy atom. The molecule has 0 aliphatic heterocycles. The number of hydrogen-bond donors (Lipinski definition) is 3. The summed E-state index contributed by atoms with van der Waals surface area (Å²) in [6.07, 6.45) is -1.85. The van der Waals surface area contributed by atoms with Crippen molar-refractivity contribution < 1.29 is 19.7 Å². The lowest BCUT2D eigenvalue weighted by molar-refractivity contribution is -0.119. The van der Waals surface area contributed by atoms with Crippen molar-refractivity contribution >= 4 is 17.5 Å². The molecular weight excluding hydrogens is 270 g/mol. The Bertz CT molecular complexity index is 439. The van der Waals surface area contributed by atoms with Crippen LogP contribution in [0, 0.1) is 0 Å². The molecule has 2 atom stereocenters. The van der Waals surface area contributed by atoms with Gasteiger partial charge in [0.25, 0.3) is 0 Å². The second-order valence-corrected chi connectivity index (χ2v) is 4.61. The molecule has 0 spiro atoms. The minimum absolute atomic E-state index is 0.175. The summed E-state index contributed by atoms with van der Waals surface area (Å²) >= 11 is 5.83. The van der Waals surface area contributed by atoms with Crippen LogP contribution in [0.4, 0.5) is 0 Å². The number of nitrogens with one attached hydrogen (secondary N) is 1. The summed E-state index contributed by atoms with van der Waals surface area (Å²) in [5.74, 6) is 0.240. The molecule has 0 bridgehead atoms. The Labute approximate surface area is 117 Å². The van der Waals surface area contributed by atoms with Crippen LogP contribution in [-0.4, -0.2) is 35.9 Å². The first-order valence-electron chi connectivity index (χ1n) is 5.89. The second kappa shape index (κ2) is 7.33. The van der Waals surface area contributed by atoms with Crippen LogP contribution in [0.15, 0.2) is 18.2 Å². The lowest BCUT2D eigenvalue weighted by Crippen LogP contribution is -2.27. The molecule has 3 N–H and O–H groups in total. The van der Waals surface area contributed by atoms with E-state index in [0.717, 1.165) is 0 Å². The number of halogens is 1. The fourth-order valence-electron chi connectivity index (χ4n) is 1.69. The van der Waals surface area contributed by atoms with Crippen LogP contribution in [-0.2, 0) is 4.79 Å². The van der Waals surface area contributed by atoms with Crippen molar-refractivity contribution in [1.82, 2.24) is 5.32 Å². The molecule has 6 heteroatoms. The summed E-state index contributed by atoms with van der Waals surface area (Å²) in [5, 5.41) is 23.0. The summed E-state index contributed by atoms with van der Waals surface area (Å²) in [5.41, 5.74) is 0.460. The van der Waals surface area contributed by atoms with Crippen LogP contribution >= 0.6 is 11.6 Å². The van der Waals surface area contributed by atoms with E-state index in [-0.39, 0.29) is 12.3 Å². The Morgan fingerprint density at radius 2 is 2.16 bits per heavy atom. The van der Waals surface area contributed by atoms with Crippen LogP contribution in [0.5, 0.6) is 5.75 Å². The molecule has 5 nitrogen and oxygen atoms in total. The van der Waals surface area contributed by atoms with Gasteiger partial charge in [-0.2, -0.15) is 0 Å². The molecule has 19 heavy (non-hydrogen) atoms. The van der Waals surface area contributed by atoms with Gasteiger partial charge < -0.3 is 20.3 Å². The number of carbonyl (C=O) groups is 1. The summed E-state index contributed by atoms with van der Waals surface area (Å²) in [7, 11) is 1.46. The molecule has 0 aliphatic rings. The normalized spacial score (nSPS) is 13.7. The minimum Gasteiger partial charge on any atom is -0.496 e. The first-order valence-corrected chi connectivity index (χ1v) is 6.27. The highest BCUT2D eigenvalue weighted by Gasteiger charge is 2.21. The molecule has 1 amide bonds. The van der Waals surface area contributed by atoms with E-state index >= 15 is 0 Å². The molecule has 0 saturated carbocycles. The van der Waals surface area contributed by atoms with E-state index in [0.29, 0.717) is 22.9 Å². The Kier molecular flexibility index (Phi) is 6.08. The molecule has 0 fully saturated rings. The molecule has 106 valence electrons. The third-order valence-electron chi connectivity index (χ3n) is 2.69. The van der Waals surface area contributed by atoms with Crippen molar-refractivity contribution in [3.8, 4) is 5.75 Å². The van der Waals surface area contributed by atoms with Crippen molar-refractivity contribution in [2.45, 2.75) is 25.6 Å². The topological polar surface area (TPSA) is 78.8 Å². The SMILES string of the molecule is COc1cc(Cl)ccc1C(O)C(O)CCNC(C)=O. The molecule has 2 unspecified atom stereocenters. The van der Waals surface area contributed by atoms with E-state index in [4.69, 9.17) is 16.3 Å². The summed E-state index contributed by atoms with van der Waals surface area (Å²) in [6, 6.07) is 4.79. The van der Waals surface area contributed by atoms with Gasteiger partial charge in [0.1, 0.15) is 11.9 Å². The van der Waals surface area contributed by atoms with E-state index in [2.05, 4.69) is 5.32 Å². The van der Waals surface area contributed by atoms with Crippen LogP contribution < -0.4 is 10.1 Å². The van der Waals surface area contributed by atoms with Gasteiger partial charge in [-0.25, -0.2) is 0 Å². The molecular formula is C13H18ClNO4. The fourth-order valence-corrected chi connectivity index (χ4v) is 1.85. The van der Waals surface area contributed by atoms with Gasteiger partial charge >= 0.3 is 0 Å². The zero-order valence-corrected chi connectivity index (χ0v) is 11.6. The quantitative estimate of drug-likeness (QED) is 0.736. The van der Waals surface area contributed by atoms with Crippen molar-refractivity contribution in [1.29, 1.82) is 0 Å². The molecule has 1 aromatic carbocycles. The largest absolute Gasteiger partial charge is 0.496 e. The molecule has 1 aromatic rings. The number of amides is 1. The van der Waals surface area contributed by atoms with Gasteiger partial charge in [0.05, 0.1) is 13.2 Å². The maximum Gasteiger partial charge on any atom is 0.216 e. The third-order valence-corrected chi connectivity index (χ3v) is 2.93. The standard InChI is InChI=1S/C13H18ClNO4/c1-8(16)15-6-5-11(17)13(18)10-4-3-9(14)7-12(10)19-2/h3-4,7,11,13,17-18H,5-6H2,1-2H3,(H,15,16). The van der Waals surface area contributed by atoms with Crippen LogP contribution in [0.2, 0.25) is 5.02 Å². The lowest BCUT2D eigenvalue weighted by Gasteiger charge is -2.20. The number of aliphatic hydroxyl groups excluding tert-OH is 2. The minimum atomic E-state index is -1.10. The predicted molar refractivity (Wildman–Crippen MR) is 72.3 cm³/mol. The Balaban J connectivity index is 2.70. The van der Waals surface area contributed by atoms with Crippen molar-refractivity contribution in [2.75, 3.05) is 13.7 Å².